The van der Waals surface area contributed by atoms with Gasteiger partial charge in [-0.3, -0.25) is 10.1 Å². The predicted molar refractivity (Wildman–Crippen MR) is 49.3 cm³/mol. The smallest absolute Gasteiger partial charge is 0.234 e. The van der Waals surface area contributed by atoms with E-state index in [2.05, 4.69) is 5.32 Å². The Labute approximate surface area is 82.3 Å². The number of carbonyl (C=O) groups excluding carboxylic acids is 1. The number of aliphatic hydroxyl groups excluding tert-OH is 2. The highest BCUT2D eigenvalue weighted by molar-refractivity contribution is 5.80. The summed E-state index contributed by atoms with van der Waals surface area (Å²) in [6.45, 7) is -0.225. The number of amides is 1. The van der Waals surface area contributed by atoms with Gasteiger partial charge in [0, 0.05) is 5.54 Å². The predicted octanol–water partition coefficient (Wildman–Crippen LogP) is -1.66. The van der Waals surface area contributed by atoms with Crippen molar-refractivity contribution >= 4 is 5.91 Å². The van der Waals surface area contributed by atoms with E-state index >= 15 is 0 Å². The lowest BCUT2D eigenvalue weighted by Crippen LogP contribution is -2.44. The molecular formula is C9H16N2O3. The summed E-state index contributed by atoms with van der Waals surface area (Å²) in [5.74, 6) is 0.122. The number of nitrogens with two attached hydrogens (primary N) is 1. The quantitative estimate of drug-likeness (QED) is 0.436. The molecule has 5 N–H and O–H groups in total. The molecule has 0 aromatic rings. The Bertz CT molecular complexity index is 258. The summed E-state index contributed by atoms with van der Waals surface area (Å²) in [6.07, 6.45) is 1.57. The van der Waals surface area contributed by atoms with Crippen molar-refractivity contribution in [2.45, 2.75) is 36.9 Å². The molecule has 1 saturated heterocycles. The van der Waals surface area contributed by atoms with Crippen LogP contribution in [0.15, 0.2) is 0 Å². The van der Waals surface area contributed by atoms with Crippen molar-refractivity contribution in [1.82, 2.24) is 5.32 Å². The Morgan fingerprint density at radius 3 is 2.93 bits per heavy atom. The molecule has 0 aromatic heterocycles. The fourth-order valence-electron chi connectivity index (χ4n) is 2.54. The van der Waals surface area contributed by atoms with Crippen LogP contribution in [0.3, 0.4) is 0 Å². The molecule has 1 aliphatic carbocycles. The zero-order chi connectivity index (χ0) is 10.3. The third-order valence-electron chi connectivity index (χ3n) is 3.37. The van der Waals surface area contributed by atoms with Gasteiger partial charge < -0.3 is 15.9 Å². The van der Waals surface area contributed by atoms with Gasteiger partial charge in [-0.1, -0.05) is 0 Å². The van der Waals surface area contributed by atoms with Gasteiger partial charge in [-0.15, -0.1) is 0 Å². The van der Waals surface area contributed by atoms with Crippen LogP contribution in [0.25, 0.3) is 0 Å². The molecule has 5 heteroatoms. The lowest BCUT2D eigenvalue weighted by atomic mass is 10.1. The van der Waals surface area contributed by atoms with Gasteiger partial charge in [0.05, 0.1) is 18.8 Å². The maximum Gasteiger partial charge on any atom is 0.234 e. The van der Waals surface area contributed by atoms with E-state index in [1.165, 1.54) is 0 Å². The van der Waals surface area contributed by atoms with Crippen molar-refractivity contribution in [3.8, 4) is 0 Å². The SMILES string of the molecule is NC(=O)C1CC2CC2(CC(O)CO)N1. The second kappa shape index (κ2) is 3.18. The highest BCUT2D eigenvalue weighted by atomic mass is 16.3. The van der Waals surface area contributed by atoms with Gasteiger partial charge in [-0.2, -0.15) is 0 Å². The van der Waals surface area contributed by atoms with Gasteiger partial charge in [0.25, 0.3) is 0 Å². The van der Waals surface area contributed by atoms with E-state index in [4.69, 9.17) is 10.8 Å². The molecule has 0 bridgehead atoms. The maximum absolute atomic E-state index is 10.9. The zero-order valence-corrected chi connectivity index (χ0v) is 7.94. The van der Waals surface area contributed by atoms with Crippen molar-refractivity contribution in [1.29, 1.82) is 0 Å². The van der Waals surface area contributed by atoms with Crippen LogP contribution in [0, 0.1) is 5.92 Å². The topological polar surface area (TPSA) is 95.6 Å². The van der Waals surface area contributed by atoms with Gasteiger partial charge in [0.15, 0.2) is 0 Å². The number of piperidine rings is 1. The summed E-state index contributed by atoms with van der Waals surface area (Å²) in [6, 6.07) is -0.250. The molecule has 1 heterocycles. The first kappa shape index (κ1) is 9.89. The van der Waals surface area contributed by atoms with Gasteiger partial charge in [0.1, 0.15) is 0 Å². The first-order valence-electron chi connectivity index (χ1n) is 4.93. The van der Waals surface area contributed by atoms with E-state index in [0.29, 0.717) is 12.3 Å². The second-order valence-corrected chi connectivity index (χ2v) is 4.43. The third-order valence-corrected chi connectivity index (χ3v) is 3.37. The molecule has 1 saturated carbocycles. The molecule has 1 aliphatic heterocycles. The minimum Gasteiger partial charge on any atom is -0.394 e. The van der Waals surface area contributed by atoms with Gasteiger partial charge in [-0.05, 0) is 25.2 Å². The fraction of sp³-hybridized carbons (Fsp3) is 0.889. The van der Waals surface area contributed by atoms with E-state index in [0.717, 1.165) is 12.8 Å². The average Bonchev–Trinajstić information content (AvgIpc) is 2.67. The minimum absolute atomic E-state index is 0.123. The highest BCUT2D eigenvalue weighted by Gasteiger charge is 2.61. The lowest BCUT2D eigenvalue weighted by molar-refractivity contribution is -0.120. The van der Waals surface area contributed by atoms with Crippen LogP contribution >= 0.6 is 0 Å². The van der Waals surface area contributed by atoms with Crippen molar-refractivity contribution in [2.75, 3.05) is 6.61 Å². The molecular weight excluding hydrogens is 184 g/mol. The Morgan fingerprint density at radius 1 is 1.71 bits per heavy atom. The lowest BCUT2D eigenvalue weighted by Gasteiger charge is -2.19. The van der Waals surface area contributed by atoms with Crippen LogP contribution < -0.4 is 11.1 Å². The first-order valence-corrected chi connectivity index (χ1v) is 4.93. The molecule has 2 aliphatic rings. The van der Waals surface area contributed by atoms with Crippen LogP contribution in [-0.2, 0) is 4.79 Å². The molecule has 4 atom stereocenters. The number of hydrogen-bond acceptors (Lipinski definition) is 4. The Kier molecular flexibility index (Phi) is 2.25. The van der Waals surface area contributed by atoms with Crippen molar-refractivity contribution in [3.05, 3.63) is 0 Å². The first-order chi connectivity index (χ1) is 6.57. The van der Waals surface area contributed by atoms with Crippen LogP contribution in [0.5, 0.6) is 0 Å². The molecule has 4 unspecified atom stereocenters. The number of carbonyl (C=O) groups is 1. The van der Waals surface area contributed by atoms with E-state index in [1.807, 2.05) is 0 Å². The molecule has 2 rings (SSSR count). The van der Waals surface area contributed by atoms with Crippen LogP contribution in [0.1, 0.15) is 19.3 Å². The van der Waals surface area contributed by atoms with Crippen molar-refractivity contribution in [3.63, 3.8) is 0 Å². The Morgan fingerprint density at radius 2 is 2.43 bits per heavy atom. The minimum atomic E-state index is -0.695. The summed E-state index contributed by atoms with van der Waals surface area (Å²) < 4.78 is 0. The van der Waals surface area contributed by atoms with Gasteiger partial charge in [-0.25, -0.2) is 0 Å². The maximum atomic E-state index is 10.9. The highest BCUT2D eigenvalue weighted by Crippen LogP contribution is 2.54. The molecule has 1 amide bonds. The van der Waals surface area contributed by atoms with E-state index in [9.17, 15) is 9.90 Å². The summed E-state index contributed by atoms with van der Waals surface area (Å²) in [5, 5.41) is 21.2. The molecule has 0 spiro atoms. The van der Waals surface area contributed by atoms with Gasteiger partial charge in [0.2, 0.25) is 5.91 Å². The molecule has 5 nitrogen and oxygen atoms in total. The Hall–Kier alpha value is -0.650. The molecule has 80 valence electrons. The molecule has 14 heavy (non-hydrogen) atoms. The Balaban J connectivity index is 1.92. The normalized spacial score (nSPS) is 41.9. The van der Waals surface area contributed by atoms with Crippen molar-refractivity contribution in [2.24, 2.45) is 11.7 Å². The summed E-state index contributed by atoms with van der Waals surface area (Å²) in [7, 11) is 0. The number of hydrogen-bond donors (Lipinski definition) is 4. The van der Waals surface area contributed by atoms with E-state index in [1.54, 1.807) is 0 Å². The number of aliphatic hydroxyl groups is 2. The van der Waals surface area contributed by atoms with Crippen LogP contribution in [0.2, 0.25) is 0 Å². The fourth-order valence-corrected chi connectivity index (χ4v) is 2.54. The van der Waals surface area contributed by atoms with E-state index in [-0.39, 0.29) is 24.1 Å². The average molecular weight is 200 g/mol. The number of nitrogens with one attached hydrogen (secondary N) is 1. The monoisotopic (exact) mass is 200 g/mol. The number of rotatable bonds is 4. The third kappa shape index (κ3) is 1.51. The standard InChI is InChI=1S/C9H16N2O3/c10-8(14)7-1-5-2-9(5,11-7)3-6(13)4-12/h5-7,11-13H,1-4H2,(H2,10,14). The summed E-state index contributed by atoms with van der Waals surface area (Å²) >= 11 is 0. The molecule has 0 aromatic carbocycles. The number of primary amides is 1. The van der Waals surface area contributed by atoms with E-state index < -0.39 is 6.10 Å². The largest absolute Gasteiger partial charge is 0.394 e. The van der Waals surface area contributed by atoms with Crippen LogP contribution in [-0.4, -0.2) is 40.4 Å². The van der Waals surface area contributed by atoms with Crippen LogP contribution in [0.4, 0.5) is 0 Å². The summed E-state index contributed by atoms with van der Waals surface area (Å²) in [5.41, 5.74) is 5.07. The molecule has 2 fully saturated rings. The van der Waals surface area contributed by atoms with Gasteiger partial charge >= 0.3 is 0 Å². The second-order valence-electron chi connectivity index (χ2n) is 4.43. The zero-order valence-electron chi connectivity index (χ0n) is 7.94. The molecule has 0 radical (unpaired) electrons. The van der Waals surface area contributed by atoms with Crippen molar-refractivity contribution < 1.29 is 15.0 Å². The summed E-state index contributed by atoms with van der Waals surface area (Å²) in [4.78, 5) is 10.9. The number of fused-ring (bicyclic) bond motifs is 1.